The maximum absolute atomic E-state index is 14.0. The van der Waals surface area contributed by atoms with E-state index in [4.69, 9.17) is 4.74 Å². The summed E-state index contributed by atoms with van der Waals surface area (Å²) in [5.74, 6) is -0.757. The van der Waals surface area contributed by atoms with Gasteiger partial charge in [-0.3, -0.25) is 23.9 Å². The van der Waals surface area contributed by atoms with Gasteiger partial charge in [-0.25, -0.2) is 4.68 Å². The first kappa shape index (κ1) is 37.2. The van der Waals surface area contributed by atoms with Gasteiger partial charge in [0, 0.05) is 28.8 Å². The zero-order chi connectivity index (χ0) is 38.0. The first-order valence-corrected chi connectivity index (χ1v) is 18.2. The van der Waals surface area contributed by atoms with Crippen molar-refractivity contribution >= 4 is 46.9 Å². The van der Waals surface area contributed by atoms with Gasteiger partial charge in [-0.2, -0.15) is 0 Å². The van der Waals surface area contributed by atoms with Gasteiger partial charge in [0.05, 0.1) is 18.0 Å². The number of carbonyl (C=O) groups is 3. The lowest BCUT2D eigenvalue weighted by molar-refractivity contribution is -0.116. The molecule has 1 heterocycles. The molecule has 0 fully saturated rings. The molecule has 3 N–H and O–H groups in total. The SMILES string of the molecule is CCOc1ccccc1/C=C(\NC(=O)c1ccccc1)C(=O)Nc1ccc(SC(C(=O)Nc2c(C)n(C)n(-c3ccccc3)c2=O)c2ccccc2)cc1. The number of rotatable bonds is 13. The molecule has 0 bridgehead atoms. The minimum Gasteiger partial charge on any atom is -0.493 e. The topological polar surface area (TPSA) is 123 Å². The van der Waals surface area contributed by atoms with Gasteiger partial charge in [-0.1, -0.05) is 84.9 Å². The second-order valence-electron chi connectivity index (χ2n) is 12.2. The van der Waals surface area contributed by atoms with Crippen LogP contribution in [0.1, 0.15) is 39.4 Å². The molecule has 6 aromatic rings. The Kier molecular flexibility index (Phi) is 11.9. The zero-order valence-electron chi connectivity index (χ0n) is 30.0. The summed E-state index contributed by atoms with van der Waals surface area (Å²) in [6.07, 6.45) is 1.58. The van der Waals surface area contributed by atoms with Crippen molar-refractivity contribution in [2.75, 3.05) is 17.2 Å². The first-order valence-electron chi connectivity index (χ1n) is 17.3. The van der Waals surface area contributed by atoms with Crippen molar-refractivity contribution in [3.8, 4) is 11.4 Å². The number of anilines is 2. The molecule has 272 valence electrons. The van der Waals surface area contributed by atoms with Crippen LogP contribution in [0.4, 0.5) is 11.4 Å². The van der Waals surface area contributed by atoms with Gasteiger partial charge in [0.15, 0.2) is 0 Å². The number of hydrogen-bond acceptors (Lipinski definition) is 6. The van der Waals surface area contributed by atoms with Crippen molar-refractivity contribution < 1.29 is 19.1 Å². The van der Waals surface area contributed by atoms with Crippen LogP contribution in [0.25, 0.3) is 11.8 Å². The number of ether oxygens (including phenoxy) is 1. The van der Waals surface area contributed by atoms with E-state index in [0.29, 0.717) is 40.6 Å². The number of carbonyl (C=O) groups excluding carboxylic acids is 3. The van der Waals surface area contributed by atoms with Crippen molar-refractivity contribution in [3.05, 3.63) is 178 Å². The van der Waals surface area contributed by atoms with Gasteiger partial charge in [-0.05, 0) is 80.1 Å². The van der Waals surface area contributed by atoms with E-state index in [1.165, 1.54) is 16.4 Å². The summed E-state index contributed by atoms with van der Waals surface area (Å²) in [6.45, 7) is 4.09. The Balaban J connectivity index is 1.22. The first-order chi connectivity index (χ1) is 26.2. The maximum Gasteiger partial charge on any atom is 0.295 e. The second-order valence-corrected chi connectivity index (χ2v) is 13.3. The standard InChI is InChI=1S/C43H39N5O5S/c1-4-53-37-23-15-14-20-32(37)28-36(45-40(49)31-18-10-6-11-19-31)41(50)44-33-24-26-35(27-25-33)54-39(30-16-8-5-9-17-30)42(51)46-38-29(2)47(3)48(43(38)52)34-21-12-7-13-22-34/h5-28,39H,4H2,1-3H3,(H,44,50)(H,45,49)(H,46,51)/b36-28-. The van der Waals surface area contributed by atoms with Gasteiger partial charge in [0.2, 0.25) is 5.91 Å². The van der Waals surface area contributed by atoms with Gasteiger partial charge in [0.1, 0.15) is 22.4 Å². The monoisotopic (exact) mass is 737 g/mol. The summed E-state index contributed by atoms with van der Waals surface area (Å²) < 4.78 is 8.99. The fourth-order valence-electron chi connectivity index (χ4n) is 5.74. The molecule has 0 aliphatic carbocycles. The van der Waals surface area contributed by atoms with E-state index in [2.05, 4.69) is 16.0 Å². The number of aromatic nitrogens is 2. The van der Waals surface area contributed by atoms with Gasteiger partial charge in [0.25, 0.3) is 17.4 Å². The molecule has 0 aliphatic rings. The van der Waals surface area contributed by atoms with Crippen LogP contribution in [0.15, 0.2) is 155 Å². The van der Waals surface area contributed by atoms with Crippen LogP contribution in [0.5, 0.6) is 5.75 Å². The normalized spacial score (nSPS) is 11.7. The minimum absolute atomic E-state index is 0.0257. The van der Waals surface area contributed by atoms with Crippen molar-refractivity contribution in [1.29, 1.82) is 0 Å². The minimum atomic E-state index is -0.705. The van der Waals surface area contributed by atoms with Crippen molar-refractivity contribution in [3.63, 3.8) is 0 Å². The molecule has 1 unspecified atom stereocenters. The van der Waals surface area contributed by atoms with Crippen LogP contribution in [-0.4, -0.2) is 33.7 Å². The van der Waals surface area contributed by atoms with Gasteiger partial charge < -0.3 is 20.7 Å². The maximum atomic E-state index is 14.0. The van der Waals surface area contributed by atoms with E-state index < -0.39 is 17.1 Å². The summed E-state index contributed by atoms with van der Waals surface area (Å²) >= 11 is 1.31. The highest BCUT2D eigenvalue weighted by molar-refractivity contribution is 8.00. The fourth-order valence-corrected chi connectivity index (χ4v) is 6.76. The lowest BCUT2D eigenvalue weighted by Gasteiger charge is -2.17. The molecule has 54 heavy (non-hydrogen) atoms. The number of nitrogens with one attached hydrogen (secondary N) is 3. The average molecular weight is 738 g/mol. The van der Waals surface area contributed by atoms with Crippen LogP contribution in [-0.2, 0) is 16.6 Å². The molecule has 0 aliphatic heterocycles. The Bertz CT molecular complexity index is 2340. The third-order valence-corrected chi connectivity index (χ3v) is 9.82. The number of thioether (sulfide) groups is 1. The van der Waals surface area contributed by atoms with Gasteiger partial charge >= 0.3 is 0 Å². The van der Waals surface area contributed by atoms with E-state index in [-0.39, 0.29) is 22.9 Å². The number of benzene rings is 5. The summed E-state index contributed by atoms with van der Waals surface area (Å²) in [7, 11) is 1.78. The van der Waals surface area contributed by atoms with Crippen molar-refractivity contribution in [2.45, 2.75) is 24.0 Å². The van der Waals surface area contributed by atoms with Crippen molar-refractivity contribution in [1.82, 2.24) is 14.7 Å². The van der Waals surface area contributed by atoms with Crippen LogP contribution >= 0.6 is 11.8 Å². The highest BCUT2D eigenvalue weighted by atomic mass is 32.2. The van der Waals surface area contributed by atoms with Crippen LogP contribution < -0.4 is 26.2 Å². The molecule has 10 nitrogen and oxygen atoms in total. The molecule has 11 heteroatoms. The fraction of sp³-hybridized carbons (Fsp3) is 0.116. The predicted octanol–water partition coefficient (Wildman–Crippen LogP) is 7.76. The van der Waals surface area contributed by atoms with E-state index in [9.17, 15) is 19.2 Å². The largest absolute Gasteiger partial charge is 0.493 e. The number of amides is 3. The third-order valence-electron chi connectivity index (χ3n) is 8.56. The smallest absolute Gasteiger partial charge is 0.295 e. The second kappa shape index (κ2) is 17.3. The number of para-hydroxylation sites is 2. The van der Waals surface area contributed by atoms with E-state index >= 15 is 0 Å². The van der Waals surface area contributed by atoms with Crippen LogP contribution in [0.2, 0.25) is 0 Å². The summed E-state index contributed by atoms with van der Waals surface area (Å²) in [5, 5.41) is 7.86. The van der Waals surface area contributed by atoms with Crippen LogP contribution in [0.3, 0.4) is 0 Å². The quantitative estimate of drug-likeness (QED) is 0.0823. The Morgan fingerprint density at radius 2 is 1.39 bits per heavy atom. The number of hydrogen-bond donors (Lipinski definition) is 3. The molecule has 0 radical (unpaired) electrons. The molecular weight excluding hydrogens is 699 g/mol. The highest BCUT2D eigenvalue weighted by Crippen LogP contribution is 2.37. The summed E-state index contributed by atoms with van der Waals surface area (Å²) in [6, 6.07) is 41.5. The van der Waals surface area contributed by atoms with Crippen molar-refractivity contribution in [2.24, 2.45) is 7.05 Å². The molecule has 0 saturated heterocycles. The Morgan fingerprint density at radius 3 is 2.06 bits per heavy atom. The molecule has 1 aromatic heterocycles. The molecule has 6 rings (SSSR count). The molecule has 0 saturated carbocycles. The third kappa shape index (κ3) is 8.71. The molecule has 0 spiro atoms. The molecule has 1 atom stereocenters. The lowest BCUT2D eigenvalue weighted by Crippen LogP contribution is -2.30. The Labute approximate surface area is 317 Å². The van der Waals surface area contributed by atoms with Gasteiger partial charge in [-0.15, -0.1) is 11.8 Å². The average Bonchev–Trinajstić information content (AvgIpc) is 3.41. The summed E-state index contributed by atoms with van der Waals surface area (Å²) in [5.41, 5.74) is 3.46. The lowest BCUT2D eigenvalue weighted by atomic mass is 10.1. The Hall–Kier alpha value is -6.59. The van der Waals surface area contributed by atoms with E-state index in [1.54, 1.807) is 85.4 Å². The highest BCUT2D eigenvalue weighted by Gasteiger charge is 2.26. The summed E-state index contributed by atoms with van der Waals surface area (Å²) in [4.78, 5) is 55.2. The van der Waals surface area contributed by atoms with Crippen LogP contribution in [0, 0.1) is 6.92 Å². The molecule has 3 amide bonds. The predicted molar refractivity (Wildman–Crippen MR) is 214 cm³/mol. The Morgan fingerprint density at radius 1 is 0.778 bits per heavy atom. The van der Waals surface area contributed by atoms with E-state index in [0.717, 1.165) is 10.5 Å². The molecular formula is C43H39N5O5S. The van der Waals surface area contributed by atoms with E-state index in [1.807, 2.05) is 85.8 Å². The zero-order valence-corrected chi connectivity index (χ0v) is 30.8. The molecule has 5 aromatic carbocycles. The number of nitrogens with zero attached hydrogens (tertiary/aromatic N) is 2.